The molecule has 0 atom stereocenters. The summed E-state index contributed by atoms with van der Waals surface area (Å²) in [6, 6.07) is 6.42. The van der Waals surface area contributed by atoms with Crippen LogP contribution in [-0.4, -0.2) is 66.2 Å². The normalized spacial score (nSPS) is 11.2. The average Bonchev–Trinajstić information content (AvgIpc) is 2.96. The first-order valence-electron chi connectivity index (χ1n) is 13.8. The number of ether oxygens (including phenoxy) is 2. The second-order valence-corrected chi connectivity index (χ2v) is 11.8. The zero-order valence-corrected chi connectivity index (χ0v) is 28.1. The summed E-state index contributed by atoms with van der Waals surface area (Å²) in [6.45, 7) is 9.82. The Hall–Kier alpha value is -4.50. The van der Waals surface area contributed by atoms with Gasteiger partial charge < -0.3 is 30.7 Å². The highest BCUT2D eigenvalue weighted by Gasteiger charge is 2.27. The lowest BCUT2D eigenvalue weighted by Gasteiger charge is -2.23. The summed E-state index contributed by atoms with van der Waals surface area (Å²) in [5.74, 6) is -0.994. The Bertz CT molecular complexity index is 1810. The molecule has 0 bridgehead atoms. The smallest absolute Gasteiger partial charge is 0.328 e. The van der Waals surface area contributed by atoms with Crippen molar-refractivity contribution in [2.24, 2.45) is 5.73 Å². The van der Waals surface area contributed by atoms with Crippen LogP contribution in [0.5, 0.6) is 11.5 Å². The van der Waals surface area contributed by atoms with Crippen molar-refractivity contribution in [2.45, 2.75) is 65.5 Å². The maximum absolute atomic E-state index is 12.2. The molecule has 5 N–H and O–H groups in total. The molecule has 0 spiro atoms. The molecule has 0 saturated heterocycles. The number of nitrogens with one attached hydrogen (secondary N) is 1. The second-order valence-electron chi connectivity index (χ2n) is 10.9. The van der Waals surface area contributed by atoms with Gasteiger partial charge in [-0.2, -0.15) is 0 Å². The highest BCUT2D eigenvalue weighted by molar-refractivity contribution is 9.10. The minimum atomic E-state index is -1.18. The van der Waals surface area contributed by atoms with E-state index in [-0.39, 0.29) is 11.1 Å². The number of rotatable bonds is 8. The predicted molar refractivity (Wildman–Crippen MR) is 174 cm³/mol. The largest absolute Gasteiger partial charge is 0.493 e. The maximum Gasteiger partial charge on any atom is 0.328 e. The van der Waals surface area contributed by atoms with Crippen molar-refractivity contribution < 1.29 is 29.3 Å². The third-order valence-electron chi connectivity index (χ3n) is 6.23. The van der Waals surface area contributed by atoms with Crippen molar-refractivity contribution in [3.8, 4) is 11.5 Å². The minimum absolute atomic E-state index is 0.0959. The van der Waals surface area contributed by atoms with E-state index in [2.05, 4.69) is 31.2 Å². The van der Waals surface area contributed by atoms with Crippen molar-refractivity contribution in [1.29, 1.82) is 0 Å². The van der Waals surface area contributed by atoms with Gasteiger partial charge in [-0.3, -0.25) is 23.2 Å². The van der Waals surface area contributed by atoms with E-state index in [4.69, 9.17) is 20.3 Å². The van der Waals surface area contributed by atoms with Gasteiger partial charge >= 0.3 is 11.9 Å². The highest BCUT2D eigenvalue weighted by atomic mass is 79.9. The number of halogens is 1. The fraction of sp³-hybridized carbons (Fsp3) is 0.400. The van der Waals surface area contributed by atoms with Crippen LogP contribution in [-0.2, 0) is 22.4 Å². The van der Waals surface area contributed by atoms with Crippen molar-refractivity contribution in [3.63, 3.8) is 0 Å². The number of carboxylic acid groups (broad SMARTS) is 2. The summed E-state index contributed by atoms with van der Waals surface area (Å²) in [5.41, 5.74) is 5.35. The molecule has 0 amide bonds. The van der Waals surface area contributed by atoms with Crippen LogP contribution in [0.3, 0.4) is 0 Å². The first-order chi connectivity index (χ1) is 20.9. The molecule has 15 heteroatoms. The fourth-order valence-electron chi connectivity index (χ4n) is 3.55. The van der Waals surface area contributed by atoms with E-state index in [0.717, 1.165) is 16.6 Å². The van der Waals surface area contributed by atoms with E-state index in [9.17, 15) is 24.3 Å². The number of nitrogens with two attached hydrogens (primary N) is 1. The van der Waals surface area contributed by atoms with E-state index in [1.165, 1.54) is 55.9 Å². The van der Waals surface area contributed by atoms with Gasteiger partial charge in [-0.25, -0.2) is 14.8 Å². The van der Waals surface area contributed by atoms with E-state index in [0.29, 0.717) is 40.6 Å². The average molecular weight is 692 g/mol. The number of nitrogens with zero attached hydrogens (tertiary/aromatic N) is 4. The number of aliphatic carboxylic acids is 2. The van der Waals surface area contributed by atoms with Crippen molar-refractivity contribution >= 4 is 44.9 Å². The molecule has 0 radical (unpaired) electrons. The first-order valence-corrected chi connectivity index (χ1v) is 14.6. The SMILES string of the molecule is CC(C)(N)C(=O)O.CCc1cc(=O)n2cc(Br)cc(OC)c2n1.CCc1cc(=O)n2cc(NC(C)(C)C(=O)O)cc(OC)c2n1. The summed E-state index contributed by atoms with van der Waals surface area (Å²) in [5, 5.41) is 20.2. The standard InChI is InChI=1S/C15H19N3O4.C11H11BrN2O2.C4H9NO2/c1-5-9-7-12(19)18-8-10(17-15(2,3)14(20)21)6-11(22-4)13(18)16-9;1-3-8-5-10(15)14-6-7(12)4-9(16-2)11(14)13-8;1-4(2,5)3(6)7/h6-8,17H,5H2,1-4H3,(H,20,21);4-6H,3H2,1-2H3;5H2,1-2H3,(H,6,7). The molecule has 4 rings (SSSR count). The molecule has 14 nitrogen and oxygen atoms in total. The molecule has 4 aromatic rings. The lowest BCUT2D eigenvalue weighted by molar-refractivity contribution is -0.142. The van der Waals surface area contributed by atoms with Gasteiger partial charge in [0, 0.05) is 46.5 Å². The fourth-order valence-corrected chi connectivity index (χ4v) is 3.96. The van der Waals surface area contributed by atoms with Crippen molar-refractivity contribution in [3.05, 3.63) is 73.2 Å². The van der Waals surface area contributed by atoms with Crippen LogP contribution in [0.25, 0.3) is 11.3 Å². The third-order valence-corrected chi connectivity index (χ3v) is 6.67. The van der Waals surface area contributed by atoms with Crippen LogP contribution in [0, 0.1) is 0 Å². The van der Waals surface area contributed by atoms with Crippen molar-refractivity contribution in [1.82, 2.24) is 18.8 Å². The quantitative estimate of drug-likeness (QED) is 0.210. The third kappa shape index (κ3) is 9.49. The second kappa shape index (κ2) is 15.0. The van der Waals surface area contributed by atoms with Gasteiger partial charge in [0.2, 0.25) is 0 Å². The number of hydrogen-bond donors (Lipinski definition) is 4. The van der Waals surface area contributed by atoms with E-state index < -0.39 is 23.0 Å². The zero-order chi connectivity index (χ0) is 34.3. The number of hydrogen-bond acceptors (Lipinski definition) is 10. The lowest BCUT2D eigenvalue weighted by atomic mass is 10.1. The van der Waals surface area contributed by atoms with Gasteiger partial charge in [-0.05, 0) is 62.5 Å². The van der Waals surface area contributed by atoms with Gasteiger partial charge in [0.15, 0.2) is 22.8 Å². The van der Waals surface area contributed by atoms with Crippen LogP contribution < -0.4 is 31.6 Å². The van der Waals surface area contributed by atoms with Gasteiger partial charge in [0.05, 0.1) is 19.9 Å². The first kappa shape index (κ1) is 36.7. The molecule has 0 aliphatic heterocycles. The summed E-state index contributed by atoms with van der Waals surface area (Å²) in [6.07, 6.45) is 4.58. The molecular formula is C30H39BrN6O8. The van der Waals surface area contributed by atoms with Gasteiger partial charge in [0.1, 0.15) is 11.1 Å². The van der Waals surface area contributed by atoms with Crippen LogP contribution >= 0.6 is 15.9 Å². The maximum atomic E-state index is 12.2. The molecule has 0 unspecified atom stereocenters. The lowest BCUT2D eigenvalue weighted by Crippen LogP contribution is -2.41. The summed E-state index contributed by atoms with van der Waals surface area (Å²) in [7, 11) is 3.04. The Labute approximate surface area is 268 Å². The van der Waals surface area contributed by atoms with E-state index in [1.807, 2.05) is 13.8 Å². The summed E-state index contributed by atoms with van der Waals surface area (Å²) < 4.78 is 14.1. The Balaban J connectivity index is 0.000000267. The monoisotopic (exact) mass is 690 g/mol. The predicted octanol–water partition coefficient (Wildman–Crippen LogP) is 3.38. The number of carboxylic acids is 2. The Morgan fingerprint density at radius 2 is 1.27 bits per heavy atom. The molecule has 0 aliphatic rings. The van der Waals surface area contributed by atoms with E-state index >= 15 is 0 Å². The van der Waals surface area contributed by atoms with E-state index in [1.54, 1.807) is 31.5 Å². The summed E-state index contributed by atoms with van der Waals surface area (Å²) >= 11 is 3.33. The number of aryl methyl sites for hydroxylation is 2. The van der Waals surface area contributed by atoms with Crippen LogP contribution in [0.1, 0.15) is 52.9 Å². The number of fused-ring (bicyclic) bond motifs is 2. The Morgan fingerprint density at radius 3 is 1.64 bits per heavy atom. The number of aromatic nitrogens is 4. The molecule has 244 valence electrons. The molecule has 4 heterocycles. The zero-order valence-electron chi connectivity index (χ0n) is 26.5. The van der Waals surface area contributed by atoms with Gasteiger partial charge in [-0.15, -0.1) is 0 Å². The van der Waals surface area contributed by atoms with Crippen LogP contribution in [0.2, 0.25) is 0 Å². The van der Waals surface area contributed by atoms with Crippen LogP contribution in [0.15, 0.2) is 50.7 Å². The number of carbonyl (C=O) groups is 2. The Kier molecular flexibility index (Phi) is 12.2. The molecular weight excluding hydrogens is 652 g/mol. The van der Waals surface area contributed by atoms with Gasteiger partial charge in [0.25, 0.3) is 11.1 Å². The minimum Gasteiger partial charge on any atom is -0.493 e. The number of anilines is 1. The Morgan fingerprint density at radius 1 is 0.844 bits per heavy atom. The molecule has 0 aliphatic carbocycles. The topological polar surface area (TPSA) is 200 Å². The highest BCUT2D eigenvalue weighted by Crippen LogP contribution is 2.25. The molecule has 4 aromatic heterocycles. The van der Waals surface area contributed by atoms with Crippen LogP contribution in [0.4, 0.5) is 5.69 Å². The molecule has 0 aromatic carbocycles. The molecule has 0 fully saturated rings. The molecule has 0 saturated carbocycles. The molecule has 45 heavy (non-hydrogen) atoms. The summed E-state index contributed by atoms with van der Waals surface area (Å²) in [4.78, 5) is 53.9. The number of pyridine rings is 2. The van der Waals surface area contributed by atoms with Gasteiger partial charge in [-0.1, -0.05) is 13.8 Å². The number of methoxy groups -OCH3 is 2. The van der Waals surface area contributed by atoms with Crippen molar-refractivity contribution in [2.75, 3.05) is 19.5 Å².